The summed E-state index contributed by atoms with van der Waals surface area (Å²) >= 11 is 0. The lowest BCUT2D eigenvalue weighted by atomic mass is 9.87. The molecule has 0 aliphatic carbocycles. The summed E-state index contributed by atoms with van der Waals surface area (Å²) in [5.41, 5.74) is 4.55. The van der Waals surface area contributed by atoms with Gasteiger partial charge in [0.15, 0.2) is 0 Å². The van der Waals surface area contributed by atoms with Crippen LogP contribution in [0.15, 0.2) is 35.2 Å². The van der Waals surface area contributed by atoms with E-state index in [0.29, 0.717) is 12.3 Å². The molecule has 22 heavy (non-hydrogen) atoms. The van der Waals surface area contributed by atoms with Crippen molar-refractivity contribution < 1.29 is 22.9 Å². The van der Waals surface area contributed by atoms with Crippen LogP contribution in [0.25, 0.3) is 0 Å². The number of carboxylic acids is 1. The molecule has 0 aromatic heterocycles. The number of aliphatic carboxylic acids is 1. The van der Waals surface area contributed by atoms with Crippen molar-refractivity contribution in [1.82, 2.24) is 0 Å². The highest BCUT2D eigenvalue weighted by Crippen LogP contribution is 2.20. The van der Waals surface area contributed by atoms with E-state index in [1.165, 1.54) is 12.1 Å². The third-order valence-electron chi connectivity index (χ3n) is 3.40. The van der Waals surface area contributed by atoms with Crippen LogP contribution >= 0.6 is 0 Å². The summed E-state index contributed by atoms with van der Waals surface area (Å²) in [6.07, 6.45) is 2.56. The van der Waals surface area contributed by atoms with Crippen LogP contribution in [0, 0.1) is 5.92 Å². The van der Waals surface area contributed by atoms with Gasteiger partial charge in [-0.3, -0.25) is 9.35 Å². The minimum Gasteiger partial charge on any atom is -0.480 e. The van der Waals surface area contributed by atoms with Crippen molar-refractivity contribution in [3.8, 4) is 0 Å². The lowest BCUT2D eigenvalue weighted by Crippen LogP contribution is -2.46. The molecular formula is C15H25NO5S. The van der Waals surface area contributed by atoms with Crippen molar-refractivity contribution in [3.63, 3.8) is 0 Å². The lowest BCUT2D eigenvalue weighted by molar-refractivity contribution is -0.143. The molecule has 0 spiro atoms. The zero-order valence-corrected chi connectivity index (χ0v) is 14.0. The fraction of sp³-hybridized carbons (Fsp3) is 0.533. The third kappa shape index (κ3) is 7.53. The second-order valence-corrected chi connectivity index (χ2v) is 6.82. The molecule has 4 N–H and O–H groups in total. The fourth-order valence-electron chi connectivity index (χ4n) is 1.86. The third-order valence-corrected chi connectivity index (χ3v) is 4.26. The van der Waals surface area contributed by atoms with E-state index in [-0.39, 0.29) is 4.90 Å². The van der Waals surface area contributed by atoms with Crippen molar-refractivity contribution in [2.24, 2.45) is 11.7 Å². The molecule has 1 atom stereocenters. The van der Waals surface area contributed by atoms with Gasteiger partial charge < -0.3 is 10.8 Å². The molecule has 0 saturated heterocycles. The molecular weight excluding hydrogens is 306 g/mol. The largest absolute Gasteiger partial charge is 0.480 e. The van der Waals surface area contributed by atoms with Gasteiger partial charge in [0.05, 0.1) is 4.90 Å². The molecule has 0 saturated carbocycles. The zero-order chi connectivity index (χ0) is 17.4. The van der Waals surface area contributed by atoms with E-state index < -0.39 is 21.6 Å². The molecule has 0 fully saturated rings. The van der Waals surface area contributed by atoms with Crippen LogP contribution in [0.2, 0.25) is 0 Å². The number of carbonyl (C=O) groups is 1. The summed E-state index contributed by atoms with van der Waals surface area (Å²) in [6.45, 7) is 5.70. The normalized spacial score (nSPS) is 13.9. The molecule has 0 aliphatic heterocycles. The number of hydrogen-bond donors (Lipinski definition) is 3. The van der Waals surface area contributed by atoms with E-state index in [1.54, 1.807) is 25.1 Å². The Morgan fingerprint density at radius 3 is 1.95 bits per heavy atom. The highest BCUT2D eigenvalue weighted by molar-refractivity contribution is 7.85. The Bertz CT molecular complexity index is 551. The quantitative estimate of drug-likeness (QED) is 0.689. The molecule has 7 heteroatoms. The Hall–Kier alpha value is -1.44. The maximum absolute atomic E-state index is 10.7. The van der Waals surface area contributed by atoms with E-state index >= 15 is 0 Å². The van der Waals surface area contributed by atoms with Gasteiger partial charge in [-0.15, -0.1) is 0 Å². The predicted molar refractivity (Wildman–Crippen MR) is 85.2 cm³/mol. The minimum atomic E-state index is -4.00. The maximum Gasteiger partial charge on any atom is 0.323 e. The Labute approximate surface area is 132 Å². The fourth-order valence-corrected chi connectivity index (χ4v) is 2.36. The van der Waals surface area contributed by atoms with Crippen molar-refractivity contribution in [1.29, 1.82) is 0 Å². The average molecular weight is 331 g/mol. The first-order valence-electron chi connectivity index (χ1n) is 7.09. The standard InChI is InChI=1S/C9H19NO2.C6H6O3S/c1-4-7(5-2)6-9(3,10)8(11)12;7-10(8,9)6-4-2-1-3-5-6/h7H,4-6,10H2,1-3H3,(H,11,12);1-5H,(H,7,8,9)/t9-;/m0./s1. The number of nitrogens with two attached hydrogens (primary N) is 1. The topological polar surface area (TPSA) is 118 Å². The zero-order valence-electron chi connectivity index (χ0n) is 13.2. The second kappa shape index (κ2) is 8.87. The van der Waals surface area contributed by atoms with E-state index in [1.807, 2.05) is 0 Å². The molecule has 0 amide bonds. The highest BCUT2D eigenvalue weighted by atomic mass is 32.2. The first-order valence-corrected chi connectivity index (χ1v) is 8.53. The van der Waals surface area contributed by atoms with Gasteiger partial charge in [-0.1, -0.05) is 44.9 Å². The Kier molecular flexibility index (Phi) is 8.29. The van der Waals surface area contributed by atoms with E-state index in [9.17, 15) is 13.2 Å². The van der Waals surface area contributed by atoms with Gasteiger partial charge in [0.1, 0.15) is 5.54 Å². The molecule has 1 rings (SSSR count). The van der Waals surface area contributed by atoms with Gasteiger partial charge in [0, 0.05) is 0 Å². The van der Waals surface area contributed by atoms with Gasteiger partial charge in [-0.2, -0.15) is 8.42 Å². The molecule has 1 aromatic rings. The highest BCUT2D eigenvalue weighted by Gasteiger charge is 2.29. The van der Waals surface area contributed by atoms with Crippen LogP contribution in [-0.2, 0) is 14.9 Å². The summed E-state index contributed by atoms with van der Waals surface area (Å²) in [4.78, 5) is 10.6. The van der Waals surface area contributed by atoms with Crippen LogP contribution in [-0.4, -0.2) is 29.6 Å². The number of carboxylic acid groups (broad SMARTS) is 1. The average Bonchev–Trinajstić information content (AvgIpc) is 2.45. The number of hydrogen-bond acceptors (Lipinski definition) is 4. The van der Waals surface area contributed by atoms with E-state index in [2.05, 4.69) is 13.8 Å². The molecule has 0 heterocycles. The molecule has 0 unspecified atom stereocenters. The minimum absolute atomic E-state index is 0.0741. The van der Waals surface area contributed by atoms with Crippen LogP contribution in [0.1, 0.15) is 40.0 Å². The van der Waals surface area contributed by atoms with Gasteiger partial charge in [0.2, 0.25) is 0 Å². The summed E-state index contributed by atoms with van der Waals surface area (Å²) < 4.78 is 29.2. The molecule has 0 radical (unpaired) electrons. The summed E-state index contributed by atoms with van der Waals surface area (Å²) in [7, 11) is -4.00. The molecule has 1 aromatic carbocycles. The lowest BCUT2D eigenvalue weighted by Gasteiger charge is -2.24. The van der Waals surface area contributed by atoms with Crippen molar-refractivity contribution in [3.05, 3.63) is 30.3 Å². The first kappa shape index (κ1) is 20.6. The van der Waals surface area contributed by atoms with Crippen LogP contribution in [0.3, 0.4) is 0 Å². The van der Waals surface area contributed by atoms with Crippen LogP contribution in [0.4, 0.5) is 0 Å². The smallest absolute Gasteiger partial charge is 0.323 e. The Balaban J connectivity index is 0.000000406. The number of rotatable bonds is 6. The van der Waals surface area contributed by atoms with Crippen LogP contribution in [0.5, 0.6) is 0 Å². The predicted octanol–water partition coefficient (Wildman–Crippen LogP) is 2.55. The van der Waals surface area contributed by atoms with E-state index in [4.69, 9.17) is 15.4 Å². The van der Waals surface area contributed by atoms with E-state index in [0.717, 1.165) is 12.8 Å². The summed E-state index contributed by atoms with van der Waals surface area (Å²) in [6, 6.07) is 7.42. The SMILES string of the molecule is CCC(CC)C[C@](C)(N)C(=O)O.O=S(=O)(O)c1ccccc1. The maximum atomic E-state index is 10.7. The van der Waals surface area contributed by atoms with Crippen molar-refractivity contribution in [2.75, 3.05) is 0 Å². The molecule has 6 nitrogen and oxygen atoms in total. The van der Waals surface area contributed by atoms with Gasteiger partial charge >= 0.3 is 5.97 Å². The monoisotopic (exact) mass is 331 g/mol. The van der Waals surface area contributed by atoms with Crippen LogP contribution < -0.4 is 5.73 Å². The second-order valence-electron chi connectivity index (χ2n) is 5.40. The van der Waals surface area contributed by atoms with Gasteiger partial charge in [-0.05, 0) is 31.4 Å². The summed E-state index contributed by atoms with van der Waals surface area (Å²) in [5, 5.41) is 8.76. The number of benzene rings is 1. The molecule has 0 bridgehead atoms. The summed E-state index contributed by atoms with van der Waals surface area (Å²) in [5.74, 6) is -0.481. The first-order chi connectivity index (χ1) is 10.0. The van der Waals surface area contributed by atoms with Gasteiger partial charge in [-0.25, -0.2) is 0 Å². The molecule has 0 aliphatic rings. The van der Waals surface area contributed by atoms with Crippen molar-refractivity contribution in [2.45, 2.75) is 50.5 Å². The Morgan fingerprint density at radius 1 is 1.23 bits per heavy atom. The van der Waals surface area contributed by atoms with Gasteiger partial charge in [0.25, 0.3) is 10.1 Å². The Morgan fingerprint density at radius 2 is 1.68 bits per heavy atom. The molecule has 126 valence electrons. The van der Waals surface area contributed by atoms with Crippen molar-refractivity contribution >= 4 is 16.1 Å².